The predicted octanol–water partition coefficient (Wildman–Crippen LogP) is 2.38. The summed E-state index contributed by atoms with van der Waals surface area (Å²) in [7, 11) is 0. The average Bonchev–Trinajstić information content (AvgIpc) is 2.88. The van der Waals surface area contributed by atoms with Crippen molar-refractivity contribution >= 4 is 11.4 Å². The maximum atomic E-state index is 5.82. The van der Waals surface area contributed by atoms with Gasteiger partial charge >= 0.3 is 0 Å². The first-order chi connectivity index (χ1) is 8.79. The molecule has 0 saturated heterocycles. The molecule has 0 aliphatic rings. The third kappa shape index (κ3) is 3.26. The van der Waals surface area contributed by atoms with E-state index in [1.165, 1.54) is 5.69 Å². The molecule has 2 N–H and O–H groups in total. The van der Waals surface area contributed by atoms with Gasteiger partial charge in [0.05, 0.1) is 6.33 Å². The monoisotopic (exact) mass is 244 g/mol. The smallest absolute Gasteiger partial charge is 0.0945 e. The average molecular weight is 244 g/mol. The van der Waals surface area contributed by atoms with Gasteiger partial charge in [-0.3, -0.25) is 0 Å². The first-order valence-corrected chi connectivity index (χ1v) is 6.36. The topological polar surface area (TPSA) is 47.1 Å². The first-order valence-electron chi connectivity index (χ1n) is 6.36. The lowest BCUT2D eigenvalue weighted by atomic mass is 10.2. The molecular formula is C14H20N4. The van der Waals surface area contributed by atoms with E-state index in [0.29, 0.717) is 0 Å². The molecule has 0 radical (unpaired) electrons. The Morgan fingerprint density at radius 3 is 2.94 bits per heavy atom. The van der Waals surface area contributed by atoms with E-state index in [9.17, 15) is 0 Å². The van der Waals surface area contributed by atoms with Crippen LogP contribution in [0.15, 0.2) is 43.0 Å². The van der Waals surface area contributed by atoms with Crippen molar-refractivity contribution < 1.29 is 0 Å². The second-order valence-corrected chi connectivity index (χ2v) is 4.33. The molecule has 0 aliphatic heterocycles. The van der Waals surface area contributed by atoms with Crippen LogP contribution in [0.3, 0.4) is 0 Å². The molecule has 1 aromatic carbocycles. The van der Waals surface area contributed by atoms with Crippen molar-refractivity contribution in [2.45, 2.75) is 19.9 Å². The summed E-state index contributed by atoms with van der Waals surface area (Å²) in [6, 6.07) is 8.06. The van der Waals surface area contributed by atoms with Gasteiger partial charge in [0, 0.05) is 43.4 Å². The molecule has 0 atom stereocenters. The Balaban J connectivity index is 1.89. The number of nitrogen functional groups attached to an aromatic ring is 1. The van der Waals surface area contributed by atoms with E-state index in [1.54, 1.807) is 0 Å². The molecular weight excluding hydrogens is 224 g/mol. The molecule has 0 unspecified atom stereocenters. The third-order valence-corrected chi connectivity index (χ3v) is 3.02. The van der Waals surface area contributed by atoms with Gasteiger partial charge in [0.25, 0.3) is 0 Å². The number of imidazole rings is 1. The normalized spacial score (nSPS) is 10.5. The van der Waals surface area contributed by atoms with Gasteiger partial charge in [-0.15, -0.1) is 0 Å². The Kier molecular flexibility index (Phi) is 4.23. The summed E-state index contributed by atoms with van der Waals surface area (Å²) in [5, 5.41) is 0. The van der Waals surface area contributed by atoms with Gasteiger partial charge in [0.15, 0.2) is 0 Å². The van der Waals surface area contributed by atoms with Crippen LogP contribution < -0.4 is 10.6 Å². The summed E-state index contributed by atoms with van der Waals surface area (Å²) in [5.74, 6) is 0. The highest BCUT2D eigenvalue weighted by Crippen LogP contribution is 2.17. The zero-order valence-electron chi connectivity index (χ0n) is 10.8. The van der Waals surface area contributed by atoms with Gasteiger partial charge < -0.3 is 15.2 Å². The van der Waals surface area contributed by atoms with Crippen LogP contribution in [0.4, 0.5) is 11.4 Å². The van der Waals surface area contributed by atoms with E-state index in [-0.39, 0.29) is 0 Å². The van der Waals surface area contributed by atoms with E-state index in [2.05, 4.69) is 27.4 Å². The standard InChI is InChI=1S/C14H20N4/c1-2-18(14-6-3-5-13(15)11-14)9-4-8-17-10-7-16-12-17/h3,5-7,10-12H,2,4,8-9,15H2,1H3. The lowest BCUT2D eigenvalue weighted by molar-refractivity contribution is 0.627. The van der Waals surface area contributed by atoms with Crippen LogP contribution in [-0.2, 0) is 6.54 Å². The van der Waals surface area contributed by atoms with Crippen LogP contribution in [0.5, 0.6) is 0 Å². The summed E-state index contributed by atoms with van der Waals surface area (Å²) in [6.07, 6.45) is 6.77. The minimum Gasteiger partial charge on any atom is -0.399 e. The van der Waals surface area contributed by atoms with E-state index in [1.807, 2.05) is 36.9 Å². The maximum absolute atomic E-state index is 5.82. The van der Waals surface area contributed by atoms with Crippen LogP contribution in [0.25, 0.3) is 0 Å². The van der Waals surface area contributed by atoms with Crippen molar-refractivity contribution in [3.63, 3.8) is 0 Å². The van der Waals surface area contributed by atoms with Crippen LogP contribution >= 0.6 is 0 Å². The molecule has 2 rings (SSSR count). The molecule has 96 valence electrons. The Labute approximate surface area is 108 Å². The number of aryl methyl sites for hydroxylation is 1. The minimum atomic E-state index is 0.820. The maximum Gasteiger partial charge on any atom is 0.0945 e. The summed E-state index contributed by atoms with van der Waals surface area (Å²) in [5.41, 5.74) is 7.84. The number of nitrogens with zero attached hydrogens (tertiary/aromatic N) is 3. The SMILES string of the molecule is CCN(CCCn1ccnc1)c1cccc(N)c1. The van der Waals surface area contributed by atoms with Gasteiger partial charge in [0.1, 0.15) is 0 Å². The zero-order valence-corrected chi connectivity index (χ0v) is 10.8. The number of anilines is 2. The molecule has 2 aromatic rings. The molecule has 4 nitrogen and oxygen atoms in total. The second-order valence-electron chi connectivity index (χ2n) is 4.33. The molecule has 0 bridgehead atoms. The van der Waals surface area contributed by atoms with E-state index in [0.717, 1.165) is 31.7 Å². The predicted molar refractivity (Wildman–Crippen MR) is 75.6 cm³/mol. The summed E-state index contributed by atoms with van der Waals surface area (Å²) >= 11 is 0. The summed E-state index contributed by atoms with van der Waals surface area (Å²) in [4.78, 5) is 6.38. The molecule has 0 amide bonds. The highest BCUT2D eigenvalue weighted by Gasteiger charge is 2.04. The third-order valence-electron chi connectivity index (χ3n) is 3.02. The highest BCUT2D eigenvalue weighted by atomic mass is 15.1. The Bertz CT molecular complexity index is 464. The molecule has 1 heterocycles. The van der Waals surface area contributed by atoms with Gasteiger partial charge in [-0.25, -0.2) is 4.98 Å². The van der Waals surface area contributed by atoms with Crippen molar-refractivity contribution in [1.29, 1.82) is 0 Å². The number of nitrogens with two attached hydrogens (primary N) is 1. The van der Waals surface area contributed by atoms with Gasteiger partial charge in [-0.2, -0.15) is 0 Å². The molecule has 0 fully saturated rings. The van der Waals surface area contributed by atoms with Crippen molar-refractivity contribution in [2.75, 3.05) is 23.7 Å². The fourth-order valence-electron chi connectivity index (χ4n) is 2.05. The molecule has 4 heteroatoms. The van der Waals surface area contributed by atoms with Crippen LogP contribution in [-0.4, -0.2) is 22.6 Å². The van der Waals surface area contributed by atoms with Gasteiger partial charge in [-0.05, 0) is 31.5 Å². The van der Waals surface area contributed by atoms with Gasteiger partial charge in [0.2, 0.25) is 0 Å². The van der Waals surface area contributed by atoms with Crippen molar-refractivity contribution in [3.05, 3.63) is 43.0 Å². The van der Waals surface area contributed by atoms with E-state index < -0.39 is 0 Å². The molecule has 0 aliphatic carbocycles. The van der Waals surface area contributed by atoms with Crippen LogP contribution in [0.1, 0.15) is 13.3 Å². The largest absolute Gasteiger partial charge is 0.399 e. The number of hydrogen-bond donors (Lipinski definition) is 1. The minimum absolute atomic E-state index is 0.820. The lowest BCUT2D eigenvalue weighted by Crippen LogP contribution is -2.24. The number of aromatic nitrogens is 2. The fraction of sp³-hybridized carbons (Fsp3) is 0.357. The van der Waals surface area contributed by atoms with Crippen molar-refractivity contribution in [3.8, 4) is 0 Å². The fourth-order valence-corrected chi connectivity index (χ4v) is 2.05. The summed E-state index contributed by atoms with van der Waals surface area (Å²) in [6.45, 7) is 5.19. The molecule has 0 saturated carbocycles. The second kappa shape index (κ2) is 6.10. The number of rotatable bonds is 6. The Morgan fingerprint density at radius 1 is 1.39 bits per heavy atom. The zero-order chi connectivity index (χ0) is 12.8. The van der Waals surface area contributed by atoms with Crippen molar-refractivity contribution in [1.82, 2.24) is 9.55 Å². The number of hydrogen-bond acceptors (Lipinski definition) is 3. The van der Waals surface area contributed by atoms with Crippen LogP contribution in [0, 0.1) is 0 Å². The first kappa shape index (κ1) is 12.5. The lowest BCUT2D eigenvalue weighted by Gasteiger charge is -2.23. The Hall–Kier alpha value is -1.97. The highest BCUT2D eigenvalue weighted by molar-refractivity contribution is 5.55. The molecule has 1 aromatic heterocycles. The molecule has 18 heavy (non-hydrogen) atoms. The Morgan fingerprint density at radius 2 is 2.28 bits per heavy atom. The summed E-state index contributed by atoms with van der Waals surface area (Å²) < 4.78 is 2.10. The quantitative estimate of drug-likeness (QED) is 0.794. The van der Waals surface area contributed by atoms with Gasteiger partial charge in [-0.1, -0.05) is 6.07 Å². The van der Waals surface area contributed by atoms with E-state index >= 15 is 0 Å². The molecule has 0 spiro atoms. The van der Waals surface area contributed by atoms with Crippen LogP contribution in [0.2, 0.25) is 0 Å². The number of benzene rings is 1. The van der Waals surface area contributed by atoms with E-state index in [4.69, 9.17) is 5.73 Å². The van der Waals surface area contributed by atoms with Crippen molar-refractivity contribution in [2.24, 2.45) is 0 Å².